The lowest BCUT2D eigenvalue weighted by Gasteiger charge is -2.29. The number of nitrogens with zero attached hydrogens (tertiary/aromatic N) is 3. The number of hydrogen-bond donors (Lipinski definition) is 0. The van der Waals surface area contributed by atoms with Crippen molar-refractivity contribution < 1.29 is 27.1 Å². The van der Waals surface area contributed by atoms with Gasteiger partial charge in [0.05, 0.1) is 21.7 Å². The molecule has 0 saturated carbocycles. The molecule has 1 aromatic carbocycles. The zero-order chi connectivity index (χ0) is 23.8. The van der Waals surface area contributed by atoms with Crippen molar-refractivity contribution in [3.05, 3.63) is 45.3 Å². The van der Waals surface area contributed by atoms with E-state index >= 15 is 0 Å². The molecular formula is C20H19ClFN3O5S3. The molecule has 176 valence electrons. The average Bonchev–Trinajstić information content (AvgIpc) is 3.37. The summed E-state index contributed by atoms with van der Waals surface area (Å²) in [6.45, 7) is 0.196. The van der Waals surface area contributed by atoms with Gasteiger partial charge in [-0.1, -0.05) is 22.9 Å². The molecular weight excluding hydrogens is 513 g/mol. The van der Waals surface area contributed by atoms with Crippen molar-refractivity contribution in [3.63, 3.8) is 0 Å². The van der Waals surface area contributed by atoms with Crippen molar-refractivity contribution in [2.75, 3.05) is 20.2 Å². The number of benzene rings is 1. The minimum atomic E-state index is -3.66. The zero-order valence-corrected chi connectivity index (χ0v) is 20.6. The molecule has 1 amide bonds. The summed E-state index contributed by atoms with van der Waals surface area (Å²) in [5, 5.41) is 0. The topological polar surface area (TPSA) is 98.0 Å². The number of hydrogen-bond acceptors (Lipinski definition) is 7. The summed E-state index contributed by atoms with van der Waals surface area (Å²) < 4.78 is 47.9. The van der Waals surface area contributed by atoms with E-state index in [1.165, 1.54) is 46.3 Å². The summed E-state index contributed by atoms with van der Waals surface area (Å²) >= 11 is 7.96. The Hall–Kier alpha value is -2.12. The van der Waals surface area contributed by atoms with Crippen molar-refractivity contribution in [2.24, 2.45) is 10.9 Å². The van der Waals surface area contributed by atoms with Gasteiger partial charge in [-0.15, -0.1) is 11.3 Å². The summed E-state index contributed by atoms with van der Waals surface area (Å²) in [5.41, 5.74) is 0.564. The van der Waals surface area contributed by atoms with E-state index in [2.05, 4.69) is 4.99 Å². The number of piperidine rings is 1. The van der Waals surface area contributed by atoms with E-state index in [1.54, 1.807) is 0 Å². The van der Waals surface area contributed by atoms with Gasteiger partial charge in [0.15, 0.2) is 4.80 Å². The van der Waals surface area contributed by atoms with Crippen LogP contribution in [0, 0.1) is 11.7 Å². The first-order chi connectivity index (χ1) is 15.7. The number of ether oxygens (including phenoxy) is 1. The fourth-order valence-electron chi connectivity index (χ4n) is 3.57. The van der Waals surface area contributed by atoms with Gasteiger partial charge in [-0.2, -0.15) is 9.30 Å². The molecule has 8 nitrogen and oxygen atoms in total. The number of carbonyl (C=O) groups is 2. The van der Waals surface area contributed by atoms with Gasteiger partial charge in [-0.25, -0.2) is 12.8 Å². The van der Waals surface area contributed by atoms with Gasteiger partial charge >= 0.3 is 5.97 Å². The number of fused-ring (bicyclic) bond motifs is 1. The van der Waals surface area contributed by atoms with Gasteiger partial charge in [-0.3, -0.25) is 9.59 Å². The largest absolute Gasteiger partial charge is 0.468 e. The van der Waals surface area contributed by atoms with Crippen LogP contribution in [-0.4, -0.2) is 49.4 Å². The van der Waals surface area contributed by atoms with Gasteiger partial charge in [-0.05, 0) is 43.2 Å². The van der Waals surface area contributed by atoms with E-state index in [4.69, 9.17) is 16.3 Å². The van der Waals surface area contributed by atoms with Crippen molar-refractivity contribution in [3.8, 4) is 0 Å². The number of halogens is 2. The van der Waals surface area contributed by atoms with E-state index in [0.717, 1.165) is 22.7 Å². The fraction of sp³-hybridized carbons (Fsp3) is 0.350. The summed E-state index contributed by atoms with van der Waals surface area (Å²) in [6.07, 6.45) is 0.633. The highest BCUT2D eigenvalue weighted by Crippen LogP contribution is 2.31. The van der Waals surface area contributed by atoms with Crippen LogP contribution >= 0.6 is 34.3 Å². The number of sulfonamides is 1. The van der Waals surface area contributed by atoms with Gasteiger partial charge < -0.3 is 9.30 Å². The van der Waals surface area contributed by atoms with Crippen LogP contribution < -0.4 is 4.80 Å². The third kappa shape index (κ3) is 5.04. The second-order valence-electron chi connectivity index (χ2n) is 7.35. The van der Waals surface area contributed by atoms with Crippen LogP contribution in [0.5, 0.6) is 0 Å². The molecule has 3 aromatic rings. The molecule has 33 heavy (non-hydrogen) atoms. The Kier molecular flexibility index (Phi) is 7.01. The average molecular weight is 532 g/mol. The van der Waals surface area contributed by atoms with Crippen LogP contribution in [0.3, 0.4) is 0 Å². The Balaban J connectivity index is 1.55. The molecule has 1 saturated heterocycles. The predicted molar refractivity (Wildman–Crippen MR) is 123 cm³/mol. The number of thiophene rings is 1. The van der Waals surface area contributed by atoms with E-state index < -0.39 is 33.6 Å². The number of methoxy groups -OCH3 is 1. The Labute approximate surface area is 201 Å². The molecule has 13 heteroatoms. The maximum absolute atomic E-state index is 13.7. The van der Waals surface area contributed by atoms with Crippen LogP contribution in [-0.2, 0) is 30.9 Å². The van der Waals surface area contributed by atoms with Crippen LogP contribution in [0.25, 0.3) is 10.2 Å². The van der Waals surface area contributed by atoms with Crippen LogP contribution in [0.1, 0.15) is 12.8 Å². The Morgan fingerprint density at radius 3 is 2.58 bits per heavy atom. The number of aromatic nitrogens is 1. The Bertz CT molecular complexity index is 1390. The molecule has 1 aliphatic rings. The molecule has 0 radical (unpaired) electrons. The second kappa shape index (κ2) is 9.63. The molecule has 3 heterocycles. The first-order valence-electron chi connectivity index (χ1n) is 9.89. The molecule has 0 aliphatic carbocycles. The van der Waals surface area contributed by atoms with Gasteiger partial charge in [0.1, 0.15) is 16.6 Å². The van der Waals surface area contributed by atoms with Gasteiger partial charge in [0.2, 0.25) is 0 Å². The summed E-state index contributed by atoms with van der Waals surface area (Å²) in [4.78, 5) is 29.2. The molecule has 0 N–H and O–H groups in total. The molecule has 0 unspecified atom stereocenters. The SMILES string of the molecule is COC(=O)Cn1c(=NC(=O)C2CCN(S(=O)(=O)c3ccc(Cl)s3)CC2)sc2cc(F)ccc21. The predicted octanol–water partition coefficient (Wildman–Crippen LogP) is 3.26. The third-order valence-corrected chi connectivity index (χ3v) is 9.95. The molecule has 2 aromatic heterocycles. The highest BCUT2D eigenvalue weighted by atomic mass is 35.5. The van der Waals surface area contributed by atoms with Crippen LogP contribution in [0.4, 0.5) is 4.39 Å². The van der Waals surface area contributed by atoms with Crippen LogP contribution in [0.2, 0.25) is 4.34 Å². The minimum Gasteiger partial charge on any atom is -0.468 e. The smallest absolute Gasteiger partial charge is 0.325 e. The van der Waals surface area contributed by atoms with E-state index in [9.17, 15) is 22.4 Å². The van der Waals surface area contributed by atoms with Crippen LogP contribution in [0.15, 0.2) is 39.5 Å². The molecule has 0 bridgehead atoms. The summed E-state index contributed by atoms with van der Waals surface area (Å²) in [5.74, 6) is -1.83. The maximum Gasteiger partial charge on any atom is 0.325 e. The normalized spacial score (nSPS) is 16.4. The molecule has 1 fully saturated rings. The summed E-state index contributed by atoms with van der Waals surface area (Å²) in [7, 11) is -2.40. The Morgan fingerprint density at radius 2 is 1.94 bits per heavy atom. The van der Waals surface area contributed by atoms with Crippen molar-refractivity contribution >= 4 is 66.4 Å². The maximum atomic E-state index is 13.7. The van der Waals surface area contributed by atoms with Crippen molar-refractivity contribution in [2.45, 2.75) is 23.6 Å². The van der Waals surface area contributed by atoms with Crippen molar-refractivity contribution in [1.82, 2.24) is 8.87 Å². The zero-order valence-electron chi connectivity index (χ0n) is 17.4. The van der Waals surface area contributed by atoms with Gasteiger partial charge in [0.25, 0.3) is 15.9 Å². The highest BCUT2D eigenvalue weighted by molar-refractivity contribution is 7.91. The number of carbonyl (C=O) groups excluding carboxylic acids is 2. The summed E-state index contributed by atoms with van der Waals surface area (Å²) in [6, 6.07) is 7.12. The van der Waals surface area contributed by atoms with Crippen molar-refractivity contribution in [1.29, 1.82) is 0 Å². The standard InChI is InChI=1S/C20H19ClFN3O5S3/c1-30-17(26)11-25-14-3-2-13(22)10-15(14)31-20(25)23-19(27)12-6-8-24(9-7-12)33(28,29)18-5-4-16(21)32-18/h2-5,10,12H,6-9,11H2,1H3. The molecule has 1 aliphatic heterocycles. The molecule has 0 spiro atoms. The first-order valence-corrected chi connectivity index (χ1v) is 13.3. The lowest BCUT2D eigenvalue weighted by Crippen LogP contribution is -2.40. The van der Waals surface area contributed by atoms with Gasteiger partial charge in [0, 0.05) is 19.0 Å². The third-order valence-electron chi connectivity index (χ3n) is 5.31. The second-order valence-corrected chi connectivity index (χ2v) is 12.2. The van der Waals surface area contributed by atoms with E-state index in [1.807, 2.05) is 0 Å². The lowest BCUT2D eigenvalue weighted by atomic mass is 9.98. The monoisotopic (exact) mass is 531 g/mol. The Morgan fingerprint density at radius 1 is 1.21 bits per heavy atom. The molecule has 4 rings (SSSR count). The number of thiazole rings is 1. The van der Waals surface area contributed by atoms with E-state index in [0.29, 0.717) is 27.4 Å². The number of rotatable bonds is 5. The van der Waals surface area contributed by atoms with E-state index in [-0.39, 0.29) is 28.6 Å². The number of esters is 1. The number of amides is 1. The fourth-order valence-corrected chi connectivity index (χ4v) is 7.74. The minimum absolute atomic E-state index is 0.170. The first kappa shape index (κ1) is 24.0. The molecule has 0 atom stereocenters. The lowest BCUT2D eigenvalue weighted by molar-refractivity contribution is -0.141. The highest BCUT2D eigenvalue weighted by Gasteiger charge is 2.33. The quantitative estimate of drug-likeness (QED) is 0.471.